The first-order valence-corrected chi connectivity index (χ1v) is 7.31. The Hall–Kier alpha value is -0.410. The molecule has 1 aliphatic heterocycles. The molecular formula is C14H27N2O+. The maximum absolute atomic E-state index is 12.2. The van der Waals surface area contributed by atoms with Crippen molar-refractivity contribution in [2.24, 2.45) is 17.6 Å². The average molecular weight is 239 g/mol. The van der Waals surface area contributed by atoms with Gasteiger partial charge >= 0.3 is 0 Å². The van der Waals surface area contributed by atoms with E-state index in [0.29, 0.717) is 24.2 Å². The Morgan fingerprint density at radius 2 is 1.88 bits per heavy atom. The van der Waals surface area contributed by atoms with Crippen LogP contribution in [-0.2, 0) is 4.79 Å². The maximum Gasteiger partial charge on any atom is 0.189 e. The molecule has 2 aliphatic rings. The molecule has 0 aromatic carbocycles. The highest BCUT2D eigenvalue weighted by Gasteiger charge is 2.32. The van der Waals surface area contributed by atoms with Gasteiger partial charge in [-0.25, -0.2) is 0 Å². The zero-order valence-corrected chi connectivity index (χ0v) is 11.1. The molecule has 17 heavy (non-hydrogen) atoms. The molecule has 1 saturated carbocycles. The Labute approximate surface area is 105 Å². The van der Waals surface area contributed by atoms with Gasteiger partial charge in [0, 0.05) is 11.8 Å². The van der Waals surface area contributed by atoms with Crippen LogP contribution in [0.1, 0.15) is 51.9 Å². The predicted molar refractivity (Wildman–Crippen MR) is 68.7 cm³/mol. The molecule has 1 saturated heterocycles. The third-order valence-corrected chi connectivity index (χ3v) is 4.70. The second-order valence-corrected chi connectivity index (χ2v) is 6.03. The van der Waals surface area contributed by atoms with Gasteiger partial charge in [0.1, 0.15) is 12.7 Å². The fourth-order valence-electron chi connectivity index (χ4n) is 3.40. The summed E-state index contributed by atoms with van der Waals surface area (Å²) in [5.74, 6) is 1.39. The Balaban J connectivity index is 1.84. The van der Waals surface area contributed by atoms with E-state index in [2.05, 4.69) is 6.92 Å². The lowest BCUT2D eigenvalue weighted by Crippen LogP contribution is -3.19. The lowest BCUT2D eigenvalue weighted by molar-refractivity contribution is -0.927. The molecule has 1 heterocycles. The summed E-state index contributed by atoms with van der Waals surface area (Å²) in [5, 5.41) is 0. The van der Waals surface area contributed by atoms with Crippen LogP contribution in [0.5, 0.6) is 0 Å². The number of rotatable bonds is 3. The van der Waals surface area contributed by atoms with Gasteiger partial charge in [-0.15, -0.1) is 0 Å². The molecule has 2 rings (SSSR count). The Morgan fingerprint density at radius 1 is 1.18 bits per heavy atom. The van der Waals surface area contributed by atoms with Crippen LogP contribution >= 0.6 is 0 Å². The minimum absolute atomic E-state index is 0.177. The minimum atomic E-state index is 0.177. The Bertz CT molecular complexity index is 261. The summed E-state index contributed by atoms with van der Waals surface area (Å²) in [6.45, 7) is 3.98. The van der Waals surface area contributed by atoms with Gasteiger partial charge in [-0.05, 0) is 25.7 Å². The van der Waals surface area contributed by atoms with Gasteiger partial charge in [0.05, 0.1) is 6.54 Å². The van der Waals surface area contributed by atoms with Gasteiger partial charge in [-0.3, -0.25) is 10.5 Å². The number of Topliss-reactive ketones (excluding diaryl/α,β-unsaturated/α-hetero) is 1. The van der Waals surface area contributed by atoms with Gasteiger partial charge in [0.15, 0.2) is 5.78 Å². The maximum atomic E-state index is 12.2. The smallest absolute Gasteiger partial charge is 0.189 e. The van der Waals surface area contributed by atoms with Crippen molar-refractivity contribution < 1.29 is 9.69 Å². The van der Waals surface area contributed by atoms with E-state index in [4.69, 9.17) is 5.73 Å². The minimum Gasteiger partial charge on any atom is -0.314 e. The van der Waals surface area contributed by atoms with Crippen molar-refractivity contribution in [1.82, 2.24) is 0 Å². The first-order chi connectivity index (χ1) is 8.18. The third kappa shape index (κ3) is 3.29. The Morgan fingerprint density at radius 3 is 2.59 bits per heavy atom. The van der Waals surface area contributed by atoms with Gasteiger partial charge in [0.25, 0.3) is 0 Å². The molecule has 0 radical (unpaired) electrons. The summed E-state index contributed by atoms with van der Waals surface area (Å²) in [4.78, 5) is 13.6. The van der Waals surface area contributed by atoms with Crippen LogP contribution in [-0.4, -0.2) is 25.0 Å². The first kappa shape index (κ1) is 13.0. The number of nitrogens with one attached hydrogen (secondary N) is 1. The highest BCUT2D eigenvalue weighted by atomic mass is 16.1. The molecule has 0 amide bonds. The lowest BCUT2D eigenvalue weighted by Gasteiger charge is -2.34. The topological polar surface area (TPSA) is 47.5 Å². The number of hydrogen-bond acceptors (Lipinski definition) is 2. The summed E-state index contributed by atoms with van der Waals surface area (Å²) in [7, 11) is 0. The fraction of sp³-hybridized carbons (Fsp3) is 0.929. The second-order valence-electron chi connectivity index (χ2n) is 6.03. The van der Waals surface area contributed by atoms with E-state index in [1.54, 1.807) is 0 Å². The fourth-order valence-corrected chi connectivity index (χ4v) is 3.40. The molecule has 0 aromatic heterocycles. The van der Waals surface area contributed by atoms with E-state index in [-0.39, 0.29) is 6.17 Å². The standard InChI is InChI=1S/C14H26N2O/c1-11-6-5-9-16(14(11)15)10-13(17)12-7-3-2-4-8-12/h11-12,14H,2-10,15H2,1H3/p+1. The quantitative estimate of drug-likeness (QED) is 0.763. The van der Waals surface area contributed by atoms with Crippen molar-refractivity contribution in [3.63, 3.8) is 0 Å². The summed E-state index contributed by atoms with van der Waals surface area (Å²) in [6.07, 6.45) is 8.67. The number of likely N-dealkylation sites (tertiary alicyclic amines) is 1. The molecule has 0 aromatic rings. The number of carbonyl (C=O) groups is 1. The van der Waals surface area contributed by atoms with Crippen LogP contribution in [0, 0.1) is 11.8 Å². The monoisotopic (exact) mass is 239 g/mol. The first-order valence-electron chi connectivity index (χ1n) is 7.31. The molecule has 3 heteroatoms. The van der Waals surface area contributed by atoms with Crippen molar-refractivity contribution in [2.45, 2.75) is 58.0 Å². The number of piperidine rings is 1. The number of hydrogen-bond donors (Lipinski definition) is 2. The SMILES string of the molecule is CC1CCC[NH+](CC(=O)C2CCCCC2)C1N. The summed E-state index contributed by atoms with van der Waals surface area (Å²) in [5.41, 5.74) is 6.21. The molecule has 3 N–H and O–H groups in total. The van der Waals surface area contributed by atoms with Crippen LogP contribution in [0.25, 0.3) is 0 Å². The van der Waals surface area contributed by atoms with Crippen LogP contribution in [0.2, 0.25) is 0 Å². The van der Waals surface area contributed by atoms with E-state index in [1.165, 1.54) is 37.0 Å². The number of carbonyl (C=O) groups excluding carboxylic acids is 1. The zero-order chi connectivity index (χ0) is 12.3. The molecule has 98 valence electrons. The van der Waals surface area contributed by atoms with Crippen LogP contribution in [0.3, 0.4) is 0 Å². The van der Waals surface area contributed by atoms with E-state index in [0.717, 1.165) is 19.4 Å². The van der Waals surface area contributed by atoms with Crippen LogP contribution in [0.4, 0.5) is 0 Å². The van der Waals surface area contributed by atoms with Gasteiger partial charge in [0.2, 0.25) is 0 Å². The summed E-state index contributed by atoms with van der Waals surface area (Å²) < 4.78 is 0. The van der Waals surface area contributed by atoms with Crippen LogP contribution in [0.15, 0.2) is 0 Å². The number of nitrogens with two attached hydrogens (primary N) is 1. The number of quaternary nitrogens is 1. The molecule has 3 unspecified atom stereocenters. The molecule has 3 nitrogen and oxygen atoms in total. The molecule has 0 spiro atoms. The molecular weight excluding hydrogens is 212 g/mol. The molecule has 3 atom stereocenters. The molecule has 0 bridgehead atoms. The van der Waals surface area contributed by atoms with E-state index < -0.39 is 0 Å². The third-order valence-electron chi connectivity index (χ3n) is 4.70. The molecule has 2 fully saturated rings. The summed E-state index contributed by atoms with van der Waals surface area (Å²) >= 11 is 0. The van der Waals surface area contributed by atoms with E-state index in [1.807, 2.05) is 0 Å². The van der Waals surface area contributed by atoms with Gasteiger partial charge in [-0.1, -0.05) is 26.2 Å². The number of ketones is 1. The lowest BCUT2D eigenvalue weighted by atomic mass is 9.85. The van der Waals surface area contributed by atoms with E-state index >= 15 is 0 Å². The van der Waals surface area contributed by atoms with Crippen molar-refractivity contribution >= 4 is 5.78 Å². The van der Waals surface area contributed by atoms with Crippen molar-refractivity contribution in [3.8, 4) is 0 Å². The van der Waals surface area contributed by atoms with Crippen LogP contribution < -0.4 is 10.6 Å². The van der Waals surface area contributed by atoms with Crippen molar-refractivity contribution in [2.75, 3.05) is 13.1 Å². The van der Waals surface area contributed by atoms with Gasteiger partial charge < -0.3 is 4.90 Å². The Kier molecular flexibility index (Phi) is 4.57. The zero-order valence-electron chi connectivity index (χ0n) is 11.1. The average Bonchev–Trinajstić information content (AvgIpc) is 2.36. The normalized spacial score (nSPS) is 35.8. The van der Waals surface area contributed by atoms with Crippen molar-refractivity contribution in [3.05, 3.63) is 0 Å². The van der Waals surface area contributed by atoms with Gasteiger partial charge in [-0.2, -0.15) is 0 Å². The van der Waals surface area contributed by atoms with Crippen molar-refractivity contribution in [1.29, 1.82) is 0 Å². The van der Waals surface area contributed by atoms with E-state index in [9.17, 15) is 4.79 Å². The highest BCUT2D eigenvalue weighted by Crippen LogP contribution is 2.23. The highest BCUT2D eigenvalue weighted by molar-refractivity contribution is 5.81. The second kappa shape index (κ2) is 5.96. The largest absolute Gasteiger partial charge is 0.314 e. The molecule has 1 aliphatic carbocycles. The summed E-state index contributed by atoms with van der Waals surface area (Å²) in [6, 6.07) is 0. The predicted octanol–water partition coefficient (Wildman–Crippen LogP) is 0.735.